The zero-order valence-electron chi connectivity index (χ0n) is 11.2. The van der Waals surface area contributed by atoms with E-state index in [1.54, 1.807) is 0 Å². The molecular formula is C15H22IN3. The second-order valence-electron chi connectivity index (χ2n) is 5.23. The Kier molecular flexibility index (Phi) is 5.48. The largest absolute Gasteiger partial charge is 0.356 e. The topological polar surface area (TPSA) is 36.4 Å². The van der Waals surface area contributed by atoms with Crippen LogP contribution >= 0.6 is 24.0 Å². The minimum atomic E-state index is 0. The van der Waals surface area contributed by atoms with Crippen molar-refractivity contribution in [3.05, 3.63) is 35.4 Å². The highest BCUT2D eigenvalue weighted by Crippen LogP contribution is 2.36. The summed E-state index contributed by atoms with van der Waals surface area (Å²) in [6, 6.07) is 9.06. The number of nitrogens with zero attached hydrogens (tertiary/aromatic N) is 1. The van der Waals surface area contributed by atoms with E-state index in [1.807, 2.05) is 0 Å². The maximum Gasteiger partial charge on any atom is 0.191 e. The Hall–Kier alpha value is -0.780. The molecular weight excluding hydrogens is 349 g/mol. The molecule has 1 aromatic carbocycles. The van der Waals surface area contributed by atoms with Gasteiger partial charge in [-0.1, -0.05) is 30.7 Å². The Morgan fingerprint density at radius 3 is 2.53 bits per heavy atom. The lowest BCUT2D eigenvalue weighted by Gasteiger charge is -2.25. The maximum absolute atomic E-state index is 4.41. The van der Waals surface area contributed by atoms with Crippen molar-refractivity contribution in [3.8, 4) is 0 Å². The fraction of sp³-hybridized carbons (Fsp3) is 0.533. The van der Waals surface area contributed by atoms with Gasteiger partial charge in [0.2, 0.25) is 0 Å². The van der Waals surface area contributed by atoms with Gasteiger partial charge in [-0.2, -0.15) is 0 Å². The molecule has 1 aromatic rings. The number of nitrogens with one attached hydrogen (secondary N) is 2. The second-order valence-corrected chi connectivity index (χ2v) is 5.23. The summed E-state index contributed by atoms with van der Waals surface area (Å²) in [7, 11) is 0. The Bertz CT molecular complexity index is 424. The molecule has 104 valence electrons. The third kappa shape index (κ3) is 3.84. The summed E-state index contributed by atoms with van der Waals surface area (Å²) in [5.41, 5.74) is 2.84. The summed E-state index contributed by atoms with van der Waals surface area (Å²) in [4.78, 5) is 4.41. The molecule has 2 aliphatic rings. The molecule has 0 atom stereocenters. The van der Waals surface area contributed by atoms with E-state index in [-0.39, 0.29) is 24.0 Å². The van der Waals surface area contributed by atoms with Gasteiger partial charge in [0.25, 0.3) is 0 Å². The molecule has 0 amide bonds. The van der Waals surface area contributed by atoms with Gasteiger partial charge < -0.3 is 10.6 Å². The number of guanidine groups is 1. The molecule has 0 spiro atoms. The Labute approximate surface area is 132 Å². The van der Waals surface area contributed by atoms with E-state index in [0.29, 0.717) is 0 Å². The highest BCUT2D eigenvalue weighted by Gasteiger charge is 2.18. The van der Waals surface area contributed by atoms with Gasteiger partial charge in [0.15, 0.2) is 5.96 Å². The van der Waals surface area contributed by atoms with Crippen LogP contribution in [0, 0.1) is 0 Å². The van der Waals surface area contributed by atoms with Gasteiger partial charge in [0, 0.05) is 19.6 Å². The zero-order valence-corrected chi connectivity index (χ0v) is 13.5. The van der Waals surface area contributed by atoms with Crippen molar-refractivity contribution in [1.82, 2.24) is 10.6 Å². The van der Waals surface area contributed by atoms with E-state index in [1.165, 1.54) is 30.4 Å². The standard InChI is InChI=1S/C15H21N3.HI/c1-3-13(4-1)14-7-5-12(6-8-14)11-18-15-16-9-2-10-17-15;/h5-8,13H,1-4,9-11H2,(H2,16,17,18);1H. The average Bonchev–Trinajstić information content (AvgIpc) is 2.37. The van der Waals surface area contributed by atoms with Gasteiger partial charge in [-0.15, -0.1) is 24.0 Å². The first-order valence-corrected chi connectivity index (χ1v) is 7.03. The molecule has 1 aliphatic carbocycles. The lowest BCUT2D eigenvalue weighted by molar-refractivity contribution is 0.419. The smallest absolute Gasteiger partial charge is 0.191 e. The van der Waals surface area contributed by atoms with Crippen LogP contribution in [-0.4, -0.2) is 19.0 Å². The average molecular weight is 371 g/mol. The monoisotopic (exact) mass is 371 g/mol. The normalized spacial score (nSPS) is 18.6. The van der Waals surface area contributed by atoms with Crippen LogP contribution in [0.5, 0.6) is 0 Å². The Morgan fingerprint density at radius 2 is 1.95 bits per heavy atom. The van der Waals surface area contributed by atoms with Crippen LogP contribution < -0.4 is 10.6 Å². The van der Waals surface area contributed by atoms with E-state index < -0.39 is 0 Å². The predicted molar refractivity (Wildman–Crippen MR) is 90.2 cm³/mol. The van der Waals surface area contributed by atoms with Crippen LogP contribution in [-0.2, 0) is 6.54 Å². The minimum Gasteiger partial charge on any atom is -0.356 e. The Morgan fingerprint density at radius 1 is 1.16 bits per heavy atom. The van der Waals surface area contributed by atoms with Gasteiger partial charge in [-0.05, 0) is 36.3 Å². The van der Waals surface area contributed by atoms with Crippen LogP contribution in [0.3, 0.4) is 0 Å². The maximum atomic E-state index is 4.41. The number of aliphatic imine (C=N–C) groups is 1. The fourth-order valence-electron chi connectivity index (χ4n) is 2.49. The molecule has 0 radical (unpaired) electrons. The highest BCUT2D eigenvalue weighted by atomic mass is 127. The summed E-state index contributed by atoms with van der Waals surface area (Å²) in [5.74, 6) is 1.78. The van der Waals surface area contributed by atoms with Crippen molar-refractivity contribution < 1.29 is 0 Å². The van der Waals surface area contributed by atoms with E-state index in [4.69, 9.17) is 0 Å². The third-order valence-electron chi connectivity index (χ3n) is 3.91. The van der Waals surface area contributed by atoms with Gasteiger partial charge in [-0.3, -0.25) is 4.99 Å². The summed E-state index contributed by atoms with van der Waals surface area (Å²) < 4.78 is 0. The molecule has 0 saturated heterocycles. The predicted octanol–water partition coefficient (Wildman–Crippen LogP) is 3.01. The zero-order chi connectivity index (χ0) is 12.2. The van der Waals surface area contributed by atoms with Crippen LogP contribution in [0.2, 0.25) is 0 Å². The van der Waals surface area contributed by atoms with Gasteiger partial charge in [-0.25, -0.2) is 0 Å². The van der Waals surface area contributed by atoms with E-state index >= 15 is 0 Å². The minimum absolute atomic E-state index is 0. The summed E-state index contributed by atoms with van der Waals surface area (Å²) in [6.45, 7) is 2.83. The summed E-state index contributed by atoms with van der Waals surface area (Å²) in [6.07, 6.45) is 5.29. The number of rotatable bonds is 3. The van der Waals surface area contributed by atoms with E-state index in [0.717, 1.165) is 37.9 Å². The first-order chi connectivity index (χ1) is 8.92. The van der Waals surface area contributed by atoms with Crippen LogP contribution in [0.15, 0.2) is 29.3 Å². The van der Waals surface area contributed by atoms with Gasteiger partial charge >= 0.3 is 0 Å². The van der Waals surface area contributed by atoms with Crippen molar-refractivity contribution in [2.24, 2.45) is 4.99 Å². The van der Waals surface area contributed by atoms with E-state index in [9.17, 15) is 0 Å². The lowest BCUT2D eigenvalue weighted by Crippen LogP contribution is -2.40. The number of hydrogen-bond donors (Lipinski definition) is 2. The molecule has 4 heteroatoms. The summed E-state index contributed by atoms with van der Waals surface area (Å²) >= 11 is 0. The van der Waals surface area contributed by atoms with E-state index in [2.05, 4.69) is 39.9 Å². The van der Waals surface area contributed by atoms with Crippen molar-refractivity contribution in [2.45, 2.75) is 38.1 Å². The molecule has 1 aliphatic heterocycles. The number of halogens is 1. The molecule has 0 unspecified atom stereocenters. The number of hydrogen-bond acceptors (Lipinski definition) is 3. The molecule has 19 heavy (non-hydrogen) atoms. The highest BCUT2D eigenvalue weighted by molar-refractivity contribution is 14.0. The van der Waals surface area contributed by atoms with Crippen molar-refractivity contribution >= 4 is 29.9 Å². The first-order valence-electron chi connectivity index (χ1n) is 7.03. The van der Waals surface area contributed by atoms with Crippen molar-refractivity contribution in [2.75, 3.05) is 13.1 Å². The molecule has 0 bridgehead atoms. The van der Waals surface area contributed by atoms with Crippen LogP contribution in [0.4, 0.5) is 0 Å². The molecule has 0 aromatic heterocycles. The molecule has 2 N–H and O–H groups in total. The first kappa shape index (κ1) is 14.6. The van der Waals surface area contributed by atoms with Crippen molar-refractivity contribution in [3.63, 3.8) is 0 Å². The SMILES string of the molecule is I.c1cc(C2CCC2)ccc1CNC1=NCCCN1. The third-order valence-corrected chi connectivity index (χ3v) is 3.91. The van der Waals surface area contributed by atoms with Crippen LogP contribution in [0.1, 0.15) is 42.7 Å². The lowest BCUT2D eigenvalue weighted by atomic mass is 9.80. The van der Waals surface area contributed by atoms with Gasteiger partial charge in [0.1, 0.15) is 0 Å². The number of benzene rings is 1. The fourth-order valence-corrected chi connectivity index (χ4v) is 2.49. The van der Waals surface area contributed by atoms with Crippen molar-refractivity contribution in [1.29, 1.82) is 0 Å². The molecule has 1 fully saturated rings. The van der Waals surface area contributed by atoms with Crippen LogP contribution in [0.25, 0.3) is 0 Å². The quantitative estimate of drug-likeness (QED) is 0.802. The molecule has 3 rings (SSSR count). The molecule has 1 heterocycles. The van der Waals surface area contributed by atoms with Gasteiger partial charge in [0.05, 0.1) is 0 Å². The molecule has 1 saturated carbocycles. The summed E-state index contributed by atoms with van der Waals surface area (Å²) in [5, 5.41) is 6.63. The Balaban J connectivity index is 0.00000133. The molecule has 3 nitrogen and oxygen atoms in total. The second kappa shape index (κ2) is 7.12.